The van der Waals surface area contributed by atoms with Crippen LogP contribution in [0.5, 0.6) is 5.75 Å². The van der Waals surface area contributed by atoms with Gasteiger partial charge in [0.25, 0.3) is 0 Å². The Morgan fingerprint density at radius 2 is 1.62 bits per heavy atom. The fourth-order valence-corrected chi connectivity index (χ4v) is 4.55. The first-order valence-electron chi connectivity index (χ1n) is 12.3. The monoisotopic (exact) mass is 434 g/mol. The average Bonchev–Trinajstić information content (AvgIpc) is 2.85. The molecule has 1 saturated carbocycles. The van der Waals surface area contributed by atoms with Crippen molar-refractivity contribution in [2.75, 3.05) is 6.61 Å². The molecule has 2 aromatic carbocycles. The van der Waals surface area contributed by atoms with Gasteiger partial charge in [0.1, 0.15) is 5.75 Å². The molecule has 0 amide bonds. The highest BCUT2D eigenvalue weighted by molar-refractivity contribution is 5.83. The zero-order chi connectivity index (χ0) is 22.8. The summed E-state index contributed by atoms with van der Waals surface area (Å²) in [6, 6.07) is 16.5. The summed E-state index contributed by atoms with van der Waals surface area (Å²) in [6.07, 6.45) is 11.5. The van der Waals surface area contributed by atoms with E-state index in [9.17, 15) is 4.79 Å². The van der Waals surface area contributed by atoms with Crippen LogP contribution in [0, 0.1) is 5.92 Å². The Bertz CT molecular complexity index is 830. The summed E-state index contributed by atoms with van der Waals surface area (Å²) < 4.78 is 11.4. The first-order valence-corrected chi connectivity index (χ1v) is 12.3. The van der Waals surface area contributed by atoms with Gasteiger partial charge in [0.2, 0.25) is 0 Å². The maximum absolute atomic E-state index is 11.3. The standard InChI is InChI=1S/C29H38O3/c1-4-7-8-22(5-2)21-31-27-17-13-25(14-18-27)23-9-11-24(12-10-23)26-15-19-28(20-16-26)32-29(30)6-3/h6,9-12,15-16,19-20,22,25,27H,3-5,7-8,13-14,17-18,21H2,1-2H3. The third-order valence-electron chi connectivity index (χ3n) is 6.74. The average molecular weight is 435 g/mol. The highest BCUT2D eigenvalue weighted by Crippen LogP contribution is 2.35. The summed E-state index contributed by atoms with van der Waals surface area (Å²) >= 11 is 0. The molecular formula is C29H38O3. The maximum atomic E-state index is 11.3. The van der Waals surface area contributed by atoms with Gasteiger partial charge in [-0.3, -0.25) is 0 Å². The molecule has 0 bridgehead atoms. The van der Waals surface area contributed by atoms with Crippen molar-refractivity contribution in [2.24, 2.45) is 5.92 Å². The van der Waals surface area contributed by atoms with Crippen LogP contribution in [0.25, 0.3) is 11.1 Å². The third kappa shape index (κ3) is 7.06. The minimum Gasteiger partial charge on any atom is -0.423 e. The fourth-order valence-electron chi connectivity index (χ4n) is 4.55. The third-order valence-corrected chi connectivity index (χ3v) is 6.74. The molecule has 1 atom stereocenters. The van der Waals surface area contributed by atoms with E-state index in [1.165, 1.54) is 68.6 Å². The zero-order valence-corrected chi connectivity index (χ0v) is 19.7. The first kappa shape index (κ1) is 24.3. The van der Waals surface area contributed by atoms with Crippen LogP contribution in [-0.4, -0.2) is 18.7 Å². The molecule has 3 heteroatoms. The van der Waals surface area contributed by atoms with Crippen molar-refractivity contribution in [3.05, 3.63) is 66.7 Å². The molecule has 172 valence electrons. The van der Waals surface area contributed by atoms with Gasteiger partial charge in [-0.05, 0) is 72.8 Å². The van der Waals surface area contributed by atoms with Gasteiger partial charge < -0.3 is 9.47 Å². The van der Waals surface area contributed by atoms with E-state index >= 15 is 0 Å². The van der Waals surface area contributed by atoms with Gasteiger partial charge in [-0.15, -0.1) is 0 Å². The quantitative estimate of drug-likeness (QED) is 0.206. The Hall–Kier alpha value is -2.39. The van der Waals surface area contributed by atoms with Crippen molar-refractivity contribution in [1.82, 2.24) is 0 Å². The second-order valence-electron chi connectivity index (χ2n) is 9.00. The lowest BCUT2D eigenvalue weighted by atomic mass is 9.82. The van der Waals surface area contributed by atoms with Gasteiger partial charge >= 0.3 is 5.97 Å². The minimum absolute atomic E-state index is 0.440. The minimum atomic E-state index is -0.441. The summed E-state index contributed by atoms with van der Waals surface area (Å²) in [5, 5.41) is 0. The Labute approximate surface area is 193 Å². The van der Waals surface area contributed by atoms with Crippen LogP contribution in [0.2, 0.25) is 0 Å². The van der Waals surface area contributed by atoms with E-state index in [4.69, 9.17) is 9.47 Å². The molecule has 1 aliphatic rings. The van der Waals surface area contributed by atoms with E-state index in [0.29, 0.717) is 17.8 Å². The summed E-state index contributed by atoms with van der Waals surface area (Å²) in [7, 11) is 0. The smallest absolute Gasteiger partial charge is 0.335 e. The second kappa shape index (κ2) is 12.6. The van der Waals surface area contributed by atoms with Crippen molar-refractivity contribution in [2.45, 2.75) is 77.2 Å². The van der Waals surface area contributed by atoms with E-state index in [1.807, 2.05) is 24.3 Å². The molecule has 3 rings (SSSR count). The Morgan fingerprint density at radius 3 is 2.19 bits per heavy atom. The van der Waals surface area contributed by atoms with Crippen molar-refractivity contribution in [3.8, 4) is 16.9 Å². The largest absolute Gasteiger partial charge is 0.423 e. The van der Waals surface area contributed by atoms with E-state index in [2.05, 4.69) is 44.7 Å². The number of unbranched alkanes of at least 4 members (excludes halogenated alkanes) is 1. The molecule has 3 nitrogen and oxygen atoms in total. The molecule has 0 spiro atoms. The zero-order valence-electron chi connectivity index (χ0n) is 19.7. The molecule has 0 saturated heterocycles. The highest BCUT2D eigenvalue weighted by Gasteiger charge is 2.23. The molecular weight excluding hydrogens is 396 g/mol. The second-order valence-corrected chi connectivity index (χ2v) is 9.00. The molecule has 1 fully saturated rings. The molecule has 0 radical (unpaired) electrons. The molecule has 0 aliphatic heterocycles. The summed E-state index contributed by atoms with van der Waals surface area (Å²) in [6.45, 7) is 8.91. The summed E-state index contributed by atoms with van der Waals surface area (Å²) in [4.78, 5) is 11.3. The first-order chi connectivity index (χ1) is 15.6. The predicted octanol–water partition coefficient (Wildman–Crippen LogP) is 7.70. The Morgan fingerprint density at radius 1 is 1.00 bits per heavy atom. The summed E-state index contributed by atoms with van der Waals surface area (Å²) in [5.74, 6) is 1.45. The topological polar surface area (TPSA) is 35.5 Å². The van der Waals surface area contributed by atoms with Crippen LogP contribution in [0.3, 0.4) is 0 Å². The van der Waals surface area contributed by atoms with Gasteiger partial charge in [0.15, 0.2) is 0 Å². The van der Waals surface area contributed by atoms with E-state index in [1.54, 1.807) is 0 Å². The van der Waals surface area contributed by atoms with Crippen LogP contribution in [0.1, 0.15) is 76.7 Å². The molecule has 1 unspecified atom stereocenters. The number of esters is 1. The van der Waals surface area contributed by atoms with E-state index in [0.717, 1.165) is 18.1 Å². The fraction of sp³-hybridized carbons (Fsp3) is 0.483. The van der Waals surface area contributed by atoms with Gasteiger partial charge in [0.05, 0.1) is 6.10 Å². The number of rotatable bonds is 11. The van der Waals surface area contributed by atoms with Crippen molar-refractivity contribution < 1.29 is 14.3 Å². The number of benzene rings is 2. The van der Waals surface area contributed by atoms with Gasteiger partial charge in [-0.25, -0.2) is 4.79 Å². The normalized spacial score (nSPS) is 19.3. The Kier molecular flexibility index (Phi) is 9.55. The lowest BCUT2D eigenvalue weighted by molar-refractivity contribution is -0.128. The predicted molar refractivity (Wildman–Crippen MR) is 132 cm³/mol. The van der Waals surface area contributed by atoms with Crippen LogP contribution in [0.4, 0.5) is 0 Å². The molecule has 0 aromatic heterocycles. The lowest BCUT2D eigenvalue weighted by Gasteiger charge is -2.30. The number of carbonyl (C=O) groups is 1. The number of carbonyl (C=O) groups excluding carboxylic acids is 1. The van der Waals surface area contributed by atoms with E-state index in [-0.39, 0.29) is 0 Å². The molecule has 0 N–H and O–H groups in total. The Balaban J connectivity index is 1.48. The van der Waals surface area contributed by atoms with Crippen LogP contribution >= 0.6 is 0 Å². The van der Waals surface area contributed by atoms with Crippen LogP contribution < -0.4 is 4.74 Å². The van der Waals surface area contributed by atoms with Crippen molar-refractivity contribution in [1.29, 1.82) is 0 Å². The molecule has 32 heavy (non-hydrogen) atoms. The molecule has 1 aliphatic carbocycles. The SMILES string of the molecule is C=CC(=O)Oc1ccc(-c2ccc(C3CCC(OCC(CC)CCCC)CC3)cc2)cc1. The number of ether oxygens (including phenoxy) is 2. The van der Waals surface area contributed by atoms with Crippen molar-refractivity contribution in [3.63, 3.8) is 0 Å². The number of hydrogen-bond donors (Lipinski definition) is 0. The van der Waals surface area contributed by atoms with Crippen molar-refractivity contribution >= 4 is 5.97 Å². The molecule has 2 aromatic rings. The van der Waals surface area contributed by atoms with Gasteiger partial charge in [0, 0.05) is 12.7 Å². The van der Waals surface area contributed by atoms with E-state index < -0.39 is 5.97 Å². The van der Waals surface area contributed by atoms with Gasteiger partial charge in [-0.2, -0.15) is 0 Å². The van der Waals surface area contributed by atoms with Crippen LogP contribution in [0.15, 0.2) is 61.2 Å². The maximum Gasteiger partial charge on any atom is 0.335 e. The molecule has 0 heterocycles. The lowest BCUT2D eigenvalue weighted by Crippen LogP contribution is -2.23. The van der Waals surface area contributed by atoms with Gasteiger partial charge in [-0.1, -0.05) is 76.1 Å². The summed E-state index contributed by atoms with van der Waals surface area (Å²) in [5.41, 5.74) is 3.71. The number of hydrogen-bond acceptors (Lipinski definition) is 3. The highest BCUT2D eigenvalue weighted by atomic mass is 16.5. The van der Waals surface area contributed by atoms with Crippen LogP contribution in [-0.2, 0) is 9.53 Å².